The first kappa shape index (κ1) is 11.9. The van der Waals surface area contributed by atoms with Crippen molar-refractivity contribution in [3.8, 4) is 0 Å². The van der Waals surface area contributed by atoms with Crippen molar-refractivity contribution < 1.29 is 14.6 Å². The van der Waals surface area contributed by atoms with E-state index in [1.165, 1.54) is 19.3 Å². The third kappa shape index (κ3) is 2.13. The normalized spacial score (nSPS) is 42.4. The summed E-state index contributed by atoms with van der Waals surface area (Å²) in [6.45, 7) is 3.75. The highest BCUT2D eigenvalue weighted by Gasteiger charge is 2.46. The van der Waals surface area contributed by atoms with E-state index in [-0.39, 0.29) is 17.8 Å². The van der Waals surface area contributed by atoms with Crippen molar-refractivity contribution in [3.05, 3.63) is 0 Å². The summed E-state index contributed by atoms with van der Waals surface area (Å²) in [4.78, 5) is 0. The maximum absolute atomic E-state index is 10.6. The predicted octanol–water partition coefficient (Wildman–Crippen LogP) is 2.12. The first-order chi connectivity index (χ1) is 8.20. The van der Waals surface area contributed by atoms with Gasteiger partial charge in [-0.25, -0.2) is 0 Å². The summed E-state index contributed by atoms with van der Waals surface area (Å²) >= 11 is 0. The average molecular weight is 240 g/mol. The number of aliphatic hydroxyl groups excluding tert-OH is 1. The molecule has 17 heavy (non-hydrogen) atoms. The zero-order valence-electron chi connectivity index (χ0n) is 10.7. The van der Waals surface area contributed by atoms with E-state index in [1.54, 1.807) is 0 Å². The Hall–Kier alpha value is -0.120. The minimum Gasteiger partial charge on any atom is -0.392 e. The molecule has 3 nitrogen and oxygen atoms in total. The predicted molar refractivity (Wildman–Crippen MR) is 64.8 cm³/mol. The second-order valence-corrected chi connectivity index (χ2v) is 6.16. The standard InChI is InChI=1S/C14H24O3/c1-10-12(4-7-16-10)13(15)11-3-8-17-14(9-11)5-2-6-14/h10-13,15H,2-9H2,1H3. The highest BCUT2D eigenvalue weighted by Crippen LogP contribution is 2.46. The van der Waals surface area contributed by atoms with Crippen LogP contribution in [0.5, 0.6) is 0 Å². The van der Waals surface area contributed by atoms with E-state index in [0.717, 1.165) is 32.5 Å². The highest BCUT2D eigenvalue weighted by atomic mass is 16.5. The minimum atomic E-state index is -0.186. The number of hydrogen-bond acceptors (Lipinski definition) is 3. The van der Waals surface area contributed by atoms with Gasteiger partial charge < -0.3 is 14.6 Å². The lowest BCUT2D eigenvalue weighted by Gasteiger charge is -2.48. The molecule has 1 N–H and O–H groups in total. The fourth-order valence-electron chi connectivity index (χ4n) is 3.82. The maximum Gasteiger partial charge on any atom is 0.0686 e. The Labute approximate surface area is 103 Å². The Morgan fingerprint density at radius 1 is 1.24 bits per heavy atom. The summed E-state index contributed by atoms with van der Waals surface area (Å²) in [5.41, 5.74) is 0.145. The van der Waals surface area contributed by atoms with Crippen molar-refractivity contribution in [1.29, 1.82) is 0 Å². The molecule has 2 saturated heterocycles. The van der Waals surface area contributed by atoms with Crippen molar-refractivity contribution >= 4 is 0 Å². The summed E-state index contributed by atoms with van der Waals surface area (Å²) in [5, 5.41) is 10.6. The SMILES string of the molecule is CC1OCCC1C(O)C1CCOC2(CCC2)C1. The van der Waals surface area contributed by atoms with Crippen LogP contribution >= 0.6 is 0 Å². The van der Waals surface area contributed by atoms with Crippen LogP contribution in [0, 0.1) is 11.8 Å². The third-order valence-corrected chi connectivity index (χ3v) is 5.15. The molecule has 0 radical (unpaired) electrons. The lowest BCUT2D eigenvalue weighted by Crippen LogP contribution is -2.49. The number of ether oxygens (including phenoxy) is 2. The molecule has 98 valence electrons. The Bertz CT molecular complexity index is 275. The molecule has 2 heterocycles. The van der Waals surface area contributed by atoms with Crippen molar-refractivity contribution in [1.82, 2.24) is 0 Å². The summed E-state index contributed by atoms with van der Waals surface area (Å²) < 4.78 is 11.5. The zero-order valence-corrected chi connectivity index (χ0v) is 10.7. The molecule has 4 atom stereocenters. The molecule has 1 aliphatic carbocycles. The van der Waals surface area contributed by atoms with E-state index >= 15 is 0 Å². The summed E-state index contributed by atoms with van der Waals surface area (Å²) in [7, 11) is 0. The molecule has 0 aromatic rings. The van der Waals surface area contributed by atoms with Gasteiger partial charge in [0.05, 0.1) is 17.8 Å². The van der Waals surface area contributed by atoms with Crippen LogP contribution in [0.15, 0.2) is 0 Å². The van der Waals surface area contributed by atoms with E-state index in [4.69, 9.17) is 9.47 Å². The van der Waals surface area contributed by atoms with Crippen molar-refractivity contribution in [2.75, 3.05) is 13.2 Å². The summed E-state index contributed by atoms with van der Waals surface area (Å²) in [5.74, 6) is 0.772. The number of aliphatic hydroxyl groups is 1. The molecule has 2 aliphatic heterocycles. The third-order valence-electron chi connectivity index (χ3n) is 5.15. The van der Waals surface area contributed by atoms with Crippen LogP contribution in [0.2, 0.25) is 0 Å². The van der Waals surface area contributed by atoms with Gasteiger partial charge in [0, 0.05) is 19.1 Å². The van der Waals surface area contributed by atoms with Gasteiger partial charge in [-0.05, 0) is 51.4 Å². The molecule has 1 spiro atoms. The van der Waals surface area contributed by atoms with Gasteiger partial charge in [0.25, 0.3) is 0 Å². The molecule has 0 bridgehead atoms. The number of rotatable bonds is 2. The molecule has 3 heteroatoms. The van der Waals surface area contributed by atoms with E-state index in [2.05, 4.69) is 6.92 Å². The van der Waals surface area contributed by atoms with Crippen LogP contribution < -0.4 is 0 Å². The molecule has 0 aromatic carbocycles. The van der Waals surface area contributed by atoms with Crippen LogP contribution in [-0.4, -0.2) is 36.1 Å². The van der Waals surface area contributed by atoms with Gasteiger partial charge >= 0.3 is 0 Å². The Kier molecular flexibility index (Phi) is 3.18. The van der Waals surface area contributed by atoms with Crippen LogP contribution in [-0.2, 0) is 9.47 Å². The molecule has 0 amide bonds. The molecular weight excluding hydrogens is 216 g/mol. The smallest absolute Gasteiger partial charge is 0.0686 e. The Morgan fingerprint density at radius 3 is 2.65 bits per heavy atom. The summed E-state index contributed by atoms with van der Waals surface area (Å²) in [6, 6.07) is 0. The van der Waals surface area contributed by atoms with Crippen LogP contribution in [0.4, 0.5) is 0 Å². The van der Waals surface area contributed by atoms with Gasteiger partial charge in [0.15, 0.2) is 0 Å². The molecule has 3 rings (SSSR count). The van der Waals surface area contributed by atoms with E-state index in [9.17, 15) is 5.11 Å². The lowest BCUT2D eigenvalue weighted by molar-refractivity contribution is -0.162. The van der Waals surface area contributed by atoms with E-state index in [0.29, 0.717) is 11.8 Å². The van der Waals surface area contributed by atoms with Gasteiger partial charge in [-0.2, -0.15) is 0 Å². The lowest BCUT2D eigenvalue weighted by atomic mass is 9.69. The average Bonchev–Trinajstić information content (AvgIpc) is 2.73. The van der Waals surface area contributed by atoms with Gasteiger partial charge in [0.2, 0.25) is 0 Å². The molecular formula is C14H24O3. The second-order valence-electron chi connectivity index (χ2n) is 6.16. The Balaban J connectivity index is 1.63. The minimum absolute atomic E-state index is 0.145. The van der Waals surface area contributed by atoms with E-state index in [1.807, 2.05) is 0 Å². The van der Waals surface area contributed by atoms with Crippen molar-refractivity contribution in [2.24, 2.45) is 11.8 Å². The maximum atomic E-state index is 10.6. The first-order valence-electron chi connectivity index (χ1n) is 7.14. The van der Waals surface area contributed by atoms with Gasteiger partial charge in [-0.15, -0.1) is 0 Å². The molecule has 4 unspecified atom stereocenters. The topological polar surface area (TPSA) is 38.7 Å². The monoisotopic (exact) mass is 240 g/mol. The fraction of sp³-hybridized carbons (Fsp3) is 1.00. The van der Waals surface area contributed by atoms with Crippen molar-refractivity contribution in [2.45, 2.75) is 63.3 Å². The second kappa shape index (κ2) is 4.52. The fourth-order valence-corrected chi connectivity index (χ4v) is 3.82. The van der Waals surface area contributed by atoms with Crippen LogP contribution in [0.3, 0.4) is 0 Å². The number of hydrogen-bond donors (Lipinski definition) is 1. The van der Waals surface area contributed by atoms with Gasteiger partial charge in [0.1, 0.15) is 0 Å². The highest BCUT2D eigenvalue weighted by molar-refractivity contribution is 4.97. The Morgan fingerprint density at radius 2 is 2.06 bits per heavy atom. The van der Waals surface area contributed by atoms with Crippen LogP contribution in [0.25, 0.3) is 0 Å². The molecule has 3 aliphatic rings. The van der Waals surface area contributed by atoms with Gasteiger partial charge in [-0.3, -0.25) is 0 Å². The summed E-state index contributed by atoms with van der Waals surface area (Å²) in [6.07, 6.45) is 6.85. The largest absolute Gasteiger partial charge is 0.392 e. The quantitative estimate of drug-likeness (QED) is 0.803. The molecule has 3 fully saturated rings. The molecule has 1 saturated carbocycles. The van der Waals surface area contributed by atoms with Crippen molar-refractivity contribution in [3.63, 3.8) is 0 Å². The van der Waals surface area contributed by atoms with Gasteiger partial charge in [-0.1, -0.05) is 0 Å². The first-order valence-corrected chi connectivity index (χ1v) is 7.14. The van der Waals surface area contributed by atoms with Crippen LogP contribution in [0.1, 0.15) is 45.4 Å². The van der Waals surface area contributed by atoms with E-state index < -0.39 is 0 Å². The molecule has 0 aromatic heterocycles. The zero-order chi connectivity index (χ0) is 11.9.